The van der Waals surface area contributed by atoms with Crippen LogP contribution in [0.2, 0.25) is 0 Å². The van der Waals surface area contributed by atoms with Gasteiger partial charge < -0.3 is 16.2 Å². The second-order valence-electron chi connectivity index (χ2n) is 4.77. The number of likely N-dealkylation sites (tertiary alicyclic amines) is 1. The van der Waals surface area contributed by atoms with Gasteiger partial charge in [-0.1, -0.05) is 0 Å². The fourth-order valence-electron chi connectivity index (χ4n) is 2.45. The highest BCUT2D eigenvalue weighted by molar-refractivity contribution is 5.75. The van der Waals surface area contributed by atoms with Gasteiger partial charge >= 0.3 is 0 Å². The first-order valence-electron chi connectivity index (χ1n) is 6.14. The Hall–Kier alpha value is -0.790. The number of nitrogens with zero attached hydrogens (tertiary/aromatic N) is 1. The van der Waals surface area contributed by atoms with E-state index >= 15 is 0 Å². The summed E-state index contributed by atoms with van der Waals surface area (Å²) in [7, 11) is 0. The second-order valence-corrected chi connectivity index (χ2v) is 4.77. The third kappa shape index (κ3) is 5.70. The highest BCUT2D eigenvalue weighted by Crippen LogP contribution is 2.19. The van der Waals surface area contributed by atoms with Gasteiger partial charge in [0.25, 0.3) is 6.43 Å². The fraction of sp³-hybridized carbons (Fsp3) is 0.909. The standard InChI is InChI=1S/C11H21F2N3O2/c12-10(13)4-15-9-3-8(1-2-17)5-16(6-9)7-11(14)18/h8-10,15,17H,1-7H2,(H2,14,18). The molecular formula is C11H21F2N3O2. The number of carbonyl (C=O) groups is 1. The Morgan fingerprint density at radius 3 is 2.78 bits per heavy atom. The molecule has 0 aromatic carbocycles. The van der Waals surface area contributed by atoms with Gasteiger partial charge in [-0.25, -0.2) is 8.78 Å². The lowest BCUT2D eigenvalue weighted by Crippen LogP contribution is -2.52. The summed E-state index contributed by atoms with van der Waals surface area (Å²) in [5, 5.41) is 11.7. The molecule has 1 fully saturated rings. The van der Waals surface area contributed by atoms with E-state index in [1.807, 2.05) is 4.90 Å². The molecule has 0 bridgehead atoms. The molecule has 5 nitrogen and oxygen atoms in total. The van der Waals surface area contributed by atoms with E-state index in [0.29, 0.717) is 19.5 Å². The van der Waals surface area contributed by atoms with Crippen LogP contribution >= 0.6 is 0 Å². The number of aliphatic hydroxyl groups is 1. The zero-order valence-electron chi connectivity index (χ0n) is 10.3. The van der Waals surface area contributed by atoms with E-state index in [2.05, 4.69) is 5.32 Å². The molecule has 0 aliphatic carbocycles. The molecule has 1 rings (SSSR count). The highest BCUT2D eigenvalue weighted by Gasteiger charge is 2.27. The molecule has 1 aliphatic rings. The summed E-state index contributed by atoms with van der Waals surface area (Å²) < 4.78 is 24.3. The maximum absolute atomic E-state index is 12.2. The SMILES string of the molecule is NC(=O)CN1CC(CCO)CC(NCC(F)F)C1. The molecule has 2 unspecified atom stereocenters. The Bertz CT molecular complexity index is 267. The van der Waals surface area contributed by atoms with E-state index < -0.39 is 12.3 Å². The van der Waals surface area contributed by atoms with E-state index in [1.165, 1.54) is 0 Å². The van der Waals surface area contributed by atoms with Crippen molar-refractivity contribution in [3.63, 3.8) is 0 Å². The van der Waals surface area contributed by atoms with Crippen LogP contribution in [0.1, 0.15) is 12.8 Å². The van der Waals surface area contributed by atoms with Gasteiger partial charge in [0.15, 0.2) is 0 Å². The van der Waals surface area contributed by atoms with Crippen LogP contribution in [0.3, 0.4) is 0 Å². The lowest BCUT2D eigenvalue weighted by molar-refractivity contribution is -0.119. The fourth-order valence-corrected chi connectivity index (χ4v) is 2.45. The van der Waals surface area contributed by atoms with E-state index in [1.54, 1.807) is 0 Å². The Kier molecular flexibility index (Phi) is 6.45. The Labute approximate surface area is 105 Å². The van der Waals surface area contributed by atoms with Gasteiger partial charge in [0.2, 0.25) is 5.91 Å². The second kappa shape index (κ2) is 7.60. The topological polar surface area (TPSA) is 78.6 Å². The number of alkyl halides is 2. The number of amides is 1. The summed E-state index contributed by atoms with van der Waals surface area (Å²) in [5.74, 6) is -0.217. The van der Waals surface area contributed by atoms with Crippen LogP contribution in [0.25, 0.3) is 0 Å². The first-order chi connectivity index (χ1) is 8.51. The first kappa shape index (κ1) is 15.3. The summed E-state index contributed by atoms with van der Waals surface area (Å²) in [4.78, 5) is 12.8. The van der Waals surface area contributed by atoms with Crippen LogP contribution < -0.4 is 11.1 Å². The van der Waals surface area contributed by atoms with Crippen molar-refractivity contribution in [2.45, 2.75) is 25.3 Å². The van der Waals surface area contributed by atoms with Crippen LogP contribution in [0.15, 0.2) is 0 Å². The van der Waals surface area contributed by atoms with Gasteiger partial charge in [-0.2, -0.15) is 0 Å². The number of nitrogens with two attached hydrogens (primary N) is 1. The Morgan fingerprint density at radius 2 is 2.22 bits per heavy atom. The van der Waals surface area contributed by atoms with E-state index in [0.717, 1.165) is 6.42 Å². The number of halogens is 2. The molecule has 0 radical (unpaired) electrons. The van der Waals surface area contributed by atoms with Crippen molar-refractivity contribution >= 4 is 5.91 Å². The van der Waals surface area contributed by atoms with Crippen molar-refractivity contribution in [2.75, 3.05) is 32.8 Å². The number of hydrogen-bond donors (Lipinski definition) is 3. The molecule has 2 atom stereocenters. The molecule has 1 amide bonds. The van der Waals surface area contributed by atoms with Crippen LogP contribution in [-0.4, -0.2) is 61.2 Å². The quantitative estimate of drug-likeness (QED) is 0.574. The number of hydrogen-bond acceptors (Lipinski definition) is 4. The molecule has 0 aromatic heterocycles. The maximum Gasteiger partial charge on any atom is 0.250 e. The number of carbonyl (C=O) groups excluding carboxylic acids is 1. The number of nitrogens with one attached hydrogen (secondary N) is 1. The zero-order valence-corrected chi connectivity index (χ0v) is 10.3. The molecule has 18 heavy (non-hydrogen) atoms. The van der Waals surface area contributed by atoms with Crippen molar-refractivity contribution in [2.24, 2.45) is 11.7 Å². The van der Waals surface area contributed by atoms with Crippen molar-refractivity contribution in [3.8, 4) is 0 Å². The summed E-state index contributed by atoms with van der Waals surface area (Å²) in [6, 6.07) is -0.0800. The van der Waals surface area contributed by atoms with Crippen LogP contribution in [0.5, 0.6) is 0 Å². The predicted octanol–water partition coefficient (Wildman–Crippen LogP) is -0.601. The molecule has 1 heterocycles. The van der Waals surface area contributed by atoms with Gasteiger partial charge in [0, 0.05) is 25.7 Å². The van der Waals surface area contributed by atoms with Gasteiger partial charge in [-0.05, 0) is 18.8 Å². The summed E-state index contributed by atoms with van der Waals surface area (Å²) in [6.45, 7) is 1.07. The number of piperidine rings is 1. The Balaban J connectivity index is 2.47. The largest absolute Gasteiger partial charge is 0.396 e. The average Bonchev–Trinajstić information content (AvgIpc) is 2.25. The van der Waals surface area contributed by atoms with Gasteiger partial charge in [-0.15, -0.1) is 0 Å². The van der Waals surface area contributed by atoms with Crippen molar-refractivity contribution < 1.29 is 18.7 Å². The average molecular weight is 265 g/mol. The third-order valence-corrected chi connectivity index (χ3v) is 3.09. The summed E-state index contributed by atoms with van der Waals surface area (Å²) in [5.41, 5.74) is 5.14. The van der Waals surface area contributed by atoms with Crippen LogP contribution in [0.4, 0.5) is 8.78 Å². The maximum atomic E-state index is 12.2. The summed E-state index contributed by atoms with van der Waals surface area (Å²) in [6.07, 6.45) is -1.03. The number of aliphatic hydroxyl groups excluding tert-OH is 1. The van der Waals surface area contributed by atoms with Crippen molar-refractivity contribution in [3.05, 3.63) is 0 Å². The zero-order chi connectivity index (χ0) is 13.5. The molecule has 1 aliphatic heterocycles. The molecule has 1 saturated heterocycles. The predicted molar refractivity (Wildman–Crippen MR) is 63.2 cm³/mol. The van der Waals surface area contributed by atoms with Crippen molar-refractivity contribution in [1.29, 1.82) is 0 Å². The molecule has 0 aromatic rings. The van der Waals surface area contributed by atoms with E-state index in [-0.39, 0.29) is 31.7 Å². The highest BCUT2D eigenvalue weighted by atomic mass is 19.3. The molecule has 0 spiro atoms. The van der Waals surface area contributed by atoms with Crippen molar-refractivity contribution in [1.82, 2.24) is 10.2 Å². The lowest BCUT2D eigenvalue weighted by Gasteiger charge is -2.37. The van der Waals surface area contributed by atoms with E-state index in [9.17, 15) is 13.6 Å². The van der Waals surface area contributed by atoms with Gasteiger partial charge in [0.1, 0.15) is 0 Å². The smallest absolute Gasteiger partial charge is 0.250 e. The number of rotatable bonds is 7. The third-order valence-electron chi connectivity index (χ3n) is 3.09. The summed E-state index contributed by atoms with van der Waals surface area (Å²) >= 11 is 0. The molecule has 0 saturated carbocycles. The van der Waals surface area contributed by atoms with Crippen LogP contribution in [0, 0.1) is 5.92 Å². The monoisotopic (exact) mass is 265 g/mol. The minimum Gasteiger partial charge on any atom is -0.396 e. The number of primary amides is 1. The Morgan fingerprint density at radius 1 is 1.50 bits per heavy atom. The van der Waals surface area contributed by atoms with E-state index in [4.69, 9.17) is 10.8 Å². The normalized spacial score (nSPS) is 25.6. The van der Waals surface area contributed by atoms with Gasteiger partial charge in [-0.3, -0.25) is 9.69 Å². The molecule has 4 N–H and O–H groups in total. The van der Waals surface area contributed by atoms with Gasteiger partial charge in [0.05, 0.1) is 13.1 Å². The minimum atomic E-state index is -2.38. The first-order valence-corrected chi connectivity index (χ1v) is 6.14. The van der Waals surface area contributed by atoms with Crippen LogP contribution in [-0.2, 0) is 4.79 Å². The minimum absolute atomic E-state index is 0.0661. The molecule has 106 valence electrons. The molecule has 7 heteroatoms. The lowest BCUT2D eigenvalue weighted by atomic mass is 9.91. The molecular weight excluding hydrogens is 244 g/mol.